The lowest BCUT2D eigenvalue weighted by atomic mass is 10.1. The van der Waals surface area contributed by atoms with Crippen LogP contribution >= 0.6 is 0 Å². The third-order valence-corrected chi connectivity index (χ3v) is 3.65. The molecule has 3 aromatic rings. The normalized spacial score (nSPS) is 10.5. The highest BCUT2D eigenvalue weighted by atomic mass is 16.1. The number of anilines is 1. The minimum Gasteiger partial charge on any atom is -0.399 e. The highest BCUT2D eigenvalue weighted by molar-refractivity contribution is 5.94. The van der Waals surface area contributed by atoms with Gasteiger partial charge < -0.3 is 11.1 Å². The van der Waals surface area contributed by atoms with Crippen molar-refractivity contribution in [2.75, 3.05) is 5.73 Å². The Balaban J connectivity index is 1.50. The molecule has 24 heavy (non-hydrogen) atoms. The summed E-state index contributed by atoms with van der Waals surface area (Å²) in [6, 6.07) is 17.0. The first-order valence-electron chi connectivity index (χ1n) is 7.78. The maximum Gasteiger partial charge on any atom is 0.251 e. The molecular weight excluding hydrogens is 302 g/mol. The number of carbonyl (C=O) groups is 1. The number of carbonyl (C=O) groups excluding carboxylic acids is 1. The Morgan fingerprint density at radius 3 is 2.54 bits per heavy atom. The molecule has 0 aliphatic carbocycles. The number of rotatable bonds is 6. The summed E-state index contributed by atoms with van der Waals surface area (Å²) in [5, 5.41) is 9.86. The van der Waals surface area contributed by atoms with Crippen LogP contribution in [0, 0.1) is 0 Å². The number of nitrogen functional groups attached to an aromatic ring is 1. The standard InChI is InChI=1S/C18H19N5O/c19-15-9-7-14(8-10-15)18(24)20-12-17-21-16(22-23-17)11-6-13-4-2-1-3-5-13/h1-5,7-10H,6,11-12,19H2,(H,20,24)(H,21,22,23). The molecule has 0 radical (unpaired) electrons. The van der Waals surface area contributed by atoms with Crippen LogP contribution in [0.25, 0.3) is 0 Å². The fourth-order valence-corrected chi connectivity index (χ4v) is 2.33. The lowest BCUT2D eigenvalue weighted by molar-refractivity contribution is 0.0950. The van der Waals surface area contributed by atoms with E-state index in [1.54, 1.807) is 24.3 Å². The average molecular weight is 321 g/mol. The molecule has 4 N–H and O–H groups in total. The highest BCUT2D eigenvalue weighted by Gasteiger charge is 2.08. The minimum absolute atomic E-state index is 0.169. The number of nitrogens with zero attached hydrogens (tertiary/aromatic N) is 2. The molecule has 1 aromatic heterocycles. The Morgan fingerprint density at radius 1 is 1.04 bits per heavy atom. The Bertz CT molecular complexity index is 796. The van der Waals surface area contributed by atoms with Gasteiger partial charge in [-0.15, -0.1) is 0 Å². The SMILES string of the molecule is Nc1ccc(C(=O)NCc2nc(CCc3ccccc3)n[nH]2)cc1. The van der Waals surface area contributed by atoms with E-state index in [1.807, 2.05) is 18.2 Å². The molecule has 0 aliphatic rings. The lowest BCUT2D eigenvalue weighted by Crippen LogP contribution is -2.23. The molecule has 0 unspecified atom stereocenters. The van der Waals surface area contributed by atoms with Gasteiger partial charge in [-0.3, -0.25) is 9.89 Å². The van der Waals surface area contributed by atoms with Gasteiger partial charge in [-0.1, -0.05) is 30.3 Å². The van der Waals surface area contributed by atoms with E-state index in [2.05, 4.69) is 32.6 Å². The molecule has 2 aromatic carbocycles. The maximum atomic E-state index is 12.0. The zero-order valence-corrected chi connectivity index (χ0v) is 13.2. The molecule has 122 valence electrons. The number of amides is 1. The van der Waals surface area contributed by atoms with Crippen LogP contribution in [-0.2, 0) is 19.4 Å². The Labute approximate surface area is 140 Å². The average Bonchev–Trinajstić information content (AvgIpc) is 3.07. The molecule has 1 amide bonds. The molecule has 0 atom stereocenters. The summed E-state index contributed by atoms with van der Waals surface area (Å²) in [7, 11) is 0. The van der Waals surface area contributed by atoms with Gasteiger partial charge in [0.1, 0.15) is 5.82 Å². The molecule has 0 spiro atoms. The van der Waals surface area contributed by atoms with Crippen molar-refractivity contribution < 1.29 is 4.79 Å². The van der Waals surface area contributed by atoms with E-state index in [-0.39, 0.29) is 5.91 Å². The summed E-state index contributed by atoms with van der Waals surface area (Å²) >= 11 is 0. The summed E-state index contributed by atoms with van der Waals surface area (Å²) in [6.07, 6.45) is 1.64. The van der Waals surface area contributed by atoms with Crippen molar-refractivity contribution in [3.05, 3.63) is 77.4 Å². The number of H-pyrrole nitrogens is 1. The van der Waals surface area contributed by atoms with Crippen LogP contribution in [0.1, 0.15) is 27.6 Å². The van der Waals surface area contributed by atoms with Gasteiger partial charge in [0.25, 0.3) is 5.91 Å². The third kappa shape index (κ3) is 4.19. The van der Waals surface area contributed by atoms with Gasteiger partial charge in [0.2, 0.25) is 0 Å². The van der Waals surface area contributed by atoms with E-state index in [4.69, 9.17) is 5.73 Å². The van der Waals surface area contributed by atoms with Crippen LogP contribution in [0.3, 0.4) is 0 Å². The number of benzene rings is 2. The molecule has 0 bridgehead atoms. The van der Waals surface area contributed by atoms with Gasteiger partial charge in [0.05, 0.1) is 6.54 Å². The van der Waals surface area contributed by atoms with Gasteiger partial charge in [0.15, 0.2) is 5.82 Å². The van der Waals surface area contributed by atoms with E-state index in [1.165, 1.54) is 5.56 Å². The second-order valence-corrected chi connectivity index (χ2v) is 5.49. The van der Waals surface area contributed by atoms with Crippen molar-refractivity contribution in [1.82, 2.24) is 20.5 Å². The molecule has 0 saturated heterocycles. The topological polar surface area (TPSA) is 96.7 Å². The number of hydrogen-bond acceptors (Lipinski definition) is 4. The van der Waals surface area contributed by atoms with Crippen molar-refractivity contribution in [2.45, 2.75) is 19.4 Å². The largest absolute Gasteiger partial charge is 0.399 e. The lowest BCUT2D eigenvalue weighted by Gasteiger charge is -2.03. The zero-order chi connectivity index (χ0) is 16.8. The monoisotopic (exact) mass is 321 g/mol. The Kier molecular flexibility index (Phi) is 4.86. The van der Waals surface area contributed by atoms with Crippen LogP contribution < -0.4 is 11.1 Å². The maximum absolute atomic E-state index is 12.0. The summed E-state index contributed by atoms with van der Waals surface area (Å²) in [6.45, 7) is 0.307. The second kappa shape index (κ2) is 7.41. The molecule has 6 heteroatoms. The fourth-order valence-electron chi connectivity index (χ4n) is 2.33. The number of aromatic nitrogens is 3. The van der Waals surface area contributed by atoms with E-state index in [9.17, 15) is 4.79 Å². The highest BCUT2D eigenvalue weighted by Crippen LogP contribution is 2.06. The fraction of sp³-hybridized carbons (Fsp3) is 0.167. The molecule has 6 nitrogen and oxygen atoms in total. The third-order valence-electron chi connectivity index (χ3n) is 3.65. The predicted octanol–water partition coefficient (Wildman–Crippen LogP) is 2.10. The molecule has 0 fully saturated rings. The van der Waals surface area contributed by atoms with Crippen molar-refractivity contribution in [1.29, 1.82) is 0 Å². The van der Waals surface area contributed by atoms with E-state index < -0.39 is 0 Å². The van der Waals surface area contributed by atoms with Gasteiger partial charge in [-0.25, -0.2) is 4.98 Å². The number of nitrogens with two attached hydrogens (primary N) is 1. The number of hydrogen-bond donors (Lipinski definition) is 3. The van der Waals surface area contributed by atoms with Crippen LogP contribution in [0.15, 0.2) is 54.6 Å². The van der Waals surface area contributed by atoms with Crippen molar-refractivity contribution in [3.63, 3.8) is 0 Å². The van der Waals surface area contributed by atoms with E-state index in [0.717, 1.165) is 18.7 Å². The van der Waals surface area contributed by atoms with E-state index >= 15 is 0 Å². The predicted molar refractivity (Wildman–Crippen MR) is 92.3 cm³/mol. The van der Waals surface area contributed by atoms with Gasteiger partial charge in [-0.05, 0) is 36.2 Å². The van der Waals surface area contributed by atoms with Crippen molar-refractivity contribution in [3.8, 4) is 0 Å². The van der Waals surface area contributed by atoms with Crippen molar-refractivity contribution in [2.24, 2.45) is 0 Å². The van der Waals surface area contributed by atoms with Crippen molar-refractivity contribution >= 4 is 11.6 Å². The number of nitrogens with one attached hydrogen (secondary N) is 2. The van der Waals surface area contributed by atoms with Crippen LogP contribution in [-0.4, -0.2) is 21.1 Å². The Hall–Kier alpha value is -3.15. The van der Waals surface area contributed by atoms with Gasteiger partial charge in [0, 0.05) is 17.7 Å². The number of aryl methyl sites for hydroxylation is 2. The minimum atomic E-state index is -0.169. The summed E-state index contributed by atoms with van der Waals surface area (Å²) in [5.74, 6) is 1.22. The Morgan fingerprint density at radius 2 is 1.79 bits per heavy atom. The smallest absolute Gasteiger partial charge is 0.251 e. The van der Waals surface area contributed by atoms with Gasteiger partial charge in [-0.2, -0.15) is 5.10 Å². The van der Waals surface area contributed by atoms with Gasteiger partial charge >= 0.3 is 0 Å². The molecule has 3 rings (SSSR count). The van der Waals surface area contributed by atoms with Crippen LogP contribution in [0.5, 0.6) is 0 Å². The molecule has 0 saturated carbocycles. The quantitative estimate of drug-likeness (QED) is 0.606. The summed E-state index contributed by atoms with van der Waals surface area (Å²) in [4.78, 5) is 16.4. The second-order valence-electron chi connectivity index (χ2n) is 5.49. The summed E-state index contributed by atoms with van der Waals surface area (Å²) in [5.41, 5.74) is 8.05. The zero-order valence-electron chi connectivity index (χ0n) is 13.2. The number of aromatic amines is 1. The molecule has 0 aliphatic heterocycles. The first-order chi connectivity index (χ1) is 11.7. The van der Waals surface area contributed by atoms with E-state index in [0.29, 0.717) is 23.6 Å². The van der Waals surface area contributed by atoms with Crippen LogP contribution in [0.2, 0.25) is 0 Å². The summed E-state index contributed by atoms with van der Waals surface area (Å²) < 4.78 is 0. The molecular formula is C18H19N5O. The first-order valence-corrected chi connectivity index (χ1v) is 7.78. The van der Waals surface area contributed by atoms with Crippen LogP contribution in [0.4, 0.5) is 5.69 Å². The molecule has 1 heterocycles. The first kappa shape index (κ1) is 15.7.